The number of hydrogen-bond acceptors (Lipinski definition) is 2. The summed E-state index contributed by atoms with van der Waals surface area (Å²) in [4.78, 5) is 0. The molecule has 0 saturated heterocycles. The summed E-state index contributed by atoms with van der Waals surface area (Å²) in [6.07, 6.45) is 1.11. The van der Waals surface area contributed by atoms with Crippen molar-refractivity contribution >= 4 is 12.9 Å². The third-order valence-corrected chi connectivity index (χ3v) is 1.31. The Morgan fingerprint density at radius 3 is 2.44 bits per heavy atom. The lowest BCUT2D eigenvalue weighted by atomic mass is 10.0. The average Bonchev–Trinajstić information content (AvgIpc) is 1.63. The Kier molecular flexibility index (Phi) is 5.10. The molecule has 9 heavy (non-hydrogen) atoms. The van der Waals surface area contributed by atoms with Crippen molar-refractivity contribution in [2.24, 2.45) is 11.8 Å². The van der Waals surface area contributed by atoms with E-state index in [-0.39, 0.29) is 0 Å². The van der Waals surface area contributed by atoms with E-state index < -0.39 is 0 Å². The van der Waals surface area contributed by atoms with Gasteiger partial charge >= 0.3 is 0 Å². The number of rotatable bonds is 4. The molecule has 0 aromatic rings. The van der Waals surface area contributed by atoms with Crippen molar-refractivity contribution in [3.8, 4) is 0 Å². The molecule has 0 amide bonds. The molecule has 0 aliphatic rings. The summed E-state index contributed by atoms with van der Waals surface area (Å²) in [6, 6.07) is 0. The third-order valence-electron chi connectivity index (χ3n) is 1.16. The van der Waals surface area contributed by atoms with E-state index in [4.69, 9.17) is 0 Å². The summed E-state index contributed by atoms with van der Waals surface area (Å²) in [5.74, 6) is 1.10. The Morgan fingerprint density at radius 2 is 2.11 bits per heavy atom. The lowest BCUT2D eigenvalue weighted by Crippen LogP contribution is -2.05. The third kappa shape index (κ3) is 6.06. The first-order valence-corrected chi connectivity index (χ1v) is 3.62. The van der Waals surface area contributed by atoms with Gasteiger partial charge in [-0.2, -0.15) is 0 Å². The lowest BCUT2D eigenvalue weighted by molar-refractivity contribution is 0.282. The minimum absolute atomic E-state index is 0.517. The fourth-order valence-corrected chi connectivity index (χ4v) is 1.14. The molecule has 0 N–H and O–H groups in total. The van der Waals surface area contributed by atoms with Crippen LogP contribution in [0, 0.1) is 18.8 Å². The fourth-order valence-electron chi connectivity index (χ4n) is 0.882. The molecule has 0 aliphatic heterocycles. The maximum Gasteiger partial charge on any atom is 0.0928 e. The van der Waals surface area contributed by atoms with Gasteiger partial charge in [0.15, 0.2) is 0 Å². The van der Waals surface area contributed by atoms with Gasteiger partial charge in [0, 0.05) is 0 Å². The van der Waals surface area contributed by atoms with Crippen LogP contribution in [0.15, 0.2) is 0 Å². The first kappa shape index (κ1) is 9.18. The molecule has 0 radical (unpaired) electrons. The molecule has 0 saturated carbocycles. The normalized spacial score (nSPS) is 17.2. The fraction of sp³-hybridized carbons (Fsp3) is 0.857. The zero-order chi connectivity index (χ0) is 7.28. The van der Waals surface area contributed by atoms with E-state index in [9.17, 15) is 0 Å². The van der Waals surface area contributed by atoms with Crippen LogP contribution in [0.3, 0.4) is 0 Å². The van der Waals surface area contributed by atoms with Crippen LogP contribution in [0.4, 0.5) is 0 Å². The first-order chi connectivity index (χ1) is 4.16. The van der Waals surface area contributed by atoms with Crippen molar-refractivity contribution in [2.45, 2.75) is 20.3 Å². The van der Waals surface area contributed by atoms with Gasteiger partial charge in [0.25, 0.3) is 0 Å². The molecule has 2 atom stereocenters. The minimum Gasteiger partial charge on any atom is -0.318 e. The minimum atomic E-state index is 0.517. The van der Waals surface area contributed by atoms with Gasteiger partial charge in [0.05, 0.1) is 19.4 Å². The van der Waals surface area contributed by atoms with Crippen LogP contribution in [0.5, 0.6) is 0 Å². The SMILES string of the molecule is [CH2+]C(C)CC(C)COS. The Morgan fingerprint density at radius 1 is 1.56 bits per heavy atom. The van der Waals surface area contributed by atoms with Crippen molar-refractivity contribution in [3.05, 3.63) is 6.92 Å². The van der Waals surface area contributed by atoms with Crippen LogP contribution in [-0.2, 0) is 4.18 Å². The highest BCUT2D eigenvalue weighted by Gasteiger charge is 2.07. The highest BCUT2D eigenvalue weighted by atomic mass is 32.1. The predicted octanol–water partition coefficient (Wildman–Crippen LogP) is 2.34. The summed E-state index contributed by atoms with van der Waals surface area (Å²) in [5.41, 5.74) is 0. The van der Waals surface area contributed by atoms with E-state index in [1.165, 1.54) is 0 Å². The smallest absolute Gasteiger partial charge is 0.0928 e. The van der Waals surface area contributed by atoms with E-state index in [0.717, 1.165) is 13.0 Å². The second kappa shape index (κ2) is 5.00. The second-order valence-electron chi connectivity index (χ2n) is 2.74. The van der Waals surface area contributed by atoms with E-state index in [0.29, 0.717) is 11.8 Å². The zero-order valence-corrected chi connectivity index (χ0v) is 7.03. The van der Waals surface area contributed by atoms with Crippen molar-refractivity contribution in [2.75, 3.05) is 6.61 Å². The molecule has 0 fully saturated rings. The maximum absolute atomic E-state index is 4.67. The molecule has 0 aromatic heterocycles. The summed E-state index contributed by atoms with van der Waals surface area (Å²) in [6.45, 7) is 8.85. The summed E-state index contributed by atoms with van der Waals surface area (Å²) in [7, 11) is 0. The highest BCUT2D eigenvalue weighted by Crippen LogP contribution is 2.10. The topological polar surface area (TPSA) is 9.23 Å². The second-order valence-corrected chi connectivity index (χ2v) is 3.00. The Balaban J connectivity index is 3.15. The molecule has 0 aliphatic carbocycles. The summed E-state index contributed by atoms with van der Waals surface area (Å²) in [5, 5.41) is 0. The molecule has 0 bridgehead atoms. The largest absolute Gasteiger partial charge is 0.318 e. The van der Waals surface area contributed by atoms with Crippen LogP contribution < -0.4 is 0 Å². The standard InChI is InChI=1S/C7H14OS/c1-6(2)4-7(3)5-8-9/h6-7H,1,4-5H2,2-3H3/p+1. The molecule has 0 rings (SSSR count). The van der Waals surface area contributed by atoms with Crippen molar-refractivity contribution in [3.63, 3.8) is 0 Å². The molecule has 2 unspecified atom stereocenters. The van der Waals surface area contributed by atoms with E-state index in [1.54, 1.807) is 0 Å². The molecular weight excluding hydrogens is 132 g/mol. The summed E-state index contributed by atoms with van der Waals surface area (Å²) >= 11 is 3.66. The Hall–Kier alpha value is 0.180. The average molecular weight is 147 g/mol. The maximum atomic E-state index is 4.67. The van der Waals surface area contributed by atoms with Crippen LogP contribution >= 0.6 is 12.9 Å². The van der Waals surface area contributed by atoms with Gasteiger partial charge in [-0.15, -0.1) is 0 Å². The zero-order valence-electron chi connectivity index (χ0n) is 6.13. The molecule has 0 heterocycles. The monoisotopic (exact) mass is 147 g/mol. The van der Waals surface area contributed by atoms with Gasteiger partial charge in [-0.05, 0) is 32.2 Å². The molecule has 2 heteroatoms. The van der Waals surface area contributed by atoms with Crippen LogP contribution in [0.1, 0.15) is 20.3 Å². The first-order valence-electron chi connectivity index (χ1n) is 3.26. The summed E-state index contributed by atoms with van der Waals surface area (Å²) < 4.78 is 4.67. The van der Waals surface area contributed by atoms with E-state index >= 15 is 0 Å². The molecular formula is C7H15OS+. The van der Waals surface area contributed by atoms with Gasteiger partial charge in [0.2, 0.25) is 0 Å². The van der Waals surface area contributed by atoms with Crippen molar-refractivity contribution in [1.29, 1.82) is 0 Å². The van der Waals surface area contributed by atoms with Gasteiger partial charge in [-0.3, -0.25) is 0 Å². The van der Waals surface area contributed by atoms with Crippen LogP contribution in [0.2, 0.25) is 0 Å². The number of thiol groups is 1. The van der Waals surface area contributed by atoms with Gasteiger partial charge in [-0.1, -0.05) is 6.92 Å². The van der Waals surface area contributed by atoms with Crippen molar-refractivity contribution in [1.82, 2.24) is 0 Å². The molecule has 54 valence electrons. The van der Waals surface area contributed by atoms with Crippen LogP contribution in [0.25, 0.3) is 0 Å². The van der Waals surface area contributed by atoms with Gasteiger partial charge < -0.3 is 4.18 Å². The van der Waals surface area contributed by atoms with Gasteiger partial charge in [0.1, 0.15) is 0 Å². The quantitative estimate of drug-likeness (QED) is 0.365. The van der Waals surface area contributed by atoms with Crippen molar-refractivity contribution < 1.29 is 4.18 Å². The number of hydrogen-bond donors (Lipinski definition) is 1. The van der Waals surface area contributed by atoms with Crippen LogP contribution in [-0.4, -0.2) is 6.61 Å². The predicted molar refractivity (Wildman–Crippen MR) is 43.2 cm³/mol. The Labute approximate surface area is 63.4 Å². The van der Waals surface area contributed by atoms with E-state index in [1.807, 2.05) is 0 Å². The highest BCUT2D eigenvalue weighted by molar-refractivity contribution is 7.75. The lowest BCUT2D eigenvalue weighted by Gasteiger charge is -2.07. The Bertz CT molecular complexity index is 63.9. The van der Waals surface area contributed by atoms with Gasteiger partial charge in [-0.25, -0.2) is 0 Å². The molecule has 0 spiro atoms. The van der Waals surface area contributed by atoms with E-state index in [2.05, 4.69) is 37.9 Å². The molecule has 0 aromatic carbocycles. The molecule has 1 nitrogen and oxygen atoms in total.